The Bertz CT molecular complexity index is 236. The van der Waals surface area contributed by atoms with Crippen LogP contribution in [0.5, 0.6) is 0 Å². The van der Waals surface area contributed by atoms with E-state index in [1.807, 2.05) is 0 Å². The molecule has 0 unspecified atom stereocenters. The summed E-state index contributed by atoms with van der Waals surface area (Å²) in [7, 11) is 0. The van der Waals surface area contributed by atoms with Gasteiger partial charge in [0.05, 0.1) is 13.2 Å². The van der Waals surface area contributed by atoms with Gasteiger partial charge in [0.25, 0.3) is 0 Å². The summed E-state index contributed by atoms with van der Waals surface area (Å²) in [5.74, 6) is 0. The lowest BCUT2D eigenvalue weighted by Crippen LogP contribution is -2.54. The van der Waals surface area contributed by atoms with Crippen LogP contribution in [0, 0.1) is 0 Å². The molecule has 1 aliphatic heterocycles. The first-order chi connectivity index (χ1) is 7.38. The molecule has 8 nitrogen and oxygen atoms in total. The van der Waals surface area contributed by atoms with E-state index in [4.69, 9.17) is 15.3 Å². The Hall–Kier alpha value is -0.320. The normalized spacial score (nSPS) is 43.3. The molecule has 0 aromatic heterocycles. The number of aliphatic hydroxyl groups is 7. The van der Waals surface area contributed by atoms with Crippen LogP contribution in [-0.2, 0) is 4.74 Å². The van der Waals surface area contributed by atoms with Crippen molar-refractivity contribution in [1.29, 1.82) is 0 Å². The van der Waals surface area contributed by atoms with Gasteiger partial charge in [-0.2, -0.15) is 0 Å². The maximum Gasteiger partial charge on any atom is 0.189 e. The zero-order chi connectivity index (χ0) is 12.5. The Morgan fingerprint density at radius 2 is 1.75 bits per heavy atom. The van der Waals surface area contributed by atoms with E-state index in [-0.39, 0.29) is 0 Å². The summed E-state index contributed by atoms with van der Waals surface area (Å²) < 4.78 is 4.64. The monoisotopic (exact) mass is 240 g/mol. The van der Waals surface area contributed by atoms with Gasteiger partial charge in [-0.3, -0.25) is 0 Å². The molecule has 16 heavy (non-hydrogen) atoms. The largest absolute Gasteiger partial charge is 0.394 e. The fourth-order valence-electron chi connectivity index (χ4n) is 1.54. The molecule has 0 radical (unpaired) electrons. The summed E-state index contributed by atoms with van der Waals surface area (Å²) in [6.07, 6.45) is -8.47. The summed E-state index contributed by atoms with van der Waals surface area (Å²) in [5, 5.41) is 64.3. The fourth-order valence-corrected chi connectivity index (χ4v) is 1.54. The van der Waals surface area contributed by atoms with Crippen LogP contribution in [0.1, 0.15) is 0 Å². The van der Waals surface area contributed by atoms with Crippen molar-refractivity contribution in [3.63, 3.8) is 0 Å². The number of rotatable bonds is 4. The minimum absolute atomic E-state index is 0.776. The van der Waals surface area contributed by atoms with Crippen molar-refractivity contribution in [1.82, 2.24) is 0 Å². The zero-order valence-electron chi connectivity index (χ0n) is 8.34. The number of hydrogen-bond acceptors (Lipinski definition) is 8. The van der Waals surface area contributed by atoms with Crippen LogP contribution in [0.4, 0.5) is 0 Å². The molecule has 1 fully saturated rings. The summed E-state index contributed by atoms with van der Waals surface area (Å²) in [6, 6.07) is 0. The van der Waals surface area contributed by atoms with Crippen molar-refractivity contribution < 1.29 is 40.5 Å². The predicted molar refractivity (Wildman–Crippen MR) is 48.0 cm³/mol. The first kappa shape index (κ1) is 13.7. The van der Waals surface area contributed by atoms with E-state index in [2.05, 4.69) is 4.74 Å². The lowest BCUT2D eigenvalue weighted by atomic mass is 9.92. The Morgan fingerprint density at radius 3 is 2.12 bits per heavy atom. The lowest BCUT2D eigenvalue weighted by Gasteiger charge is -2.27. The van der Waals surface area contributed by atoms with E-state index in [9.17, 15) is 20.4 Å². The quantitative estimate of drug-likeness (QED) is 0.260. The molecule has 0 aromatic rings. The molecule has 0 amide bonds. The van der Waals surface area contributed by atoms with Crippen molar-refractivity contribution in [3.05, 3.63) is 0 Å². The third-order valence-corrected chi connectivity index (χ3v) is 2.71. The molecular weight excluding hydrogens is 224 g/mol. The van der Waals surface area contributed by atoms with Crippen molar-refractivity contribution >= 4 is 0 Å². The number of hydrogen-bond donors (Lipinski definition) is 7. The SMILES string of the molecule is OC[C@@H](O)[C@@H](O)[C@@H]1O[C@@H](O)[C@@](O)(CO)[C@@H]1O. The van der Waals surface area contributed by atoms with Gasteiger partial charge in [-0.25, -0.2) is 0 Å². The first-order valence-corrected chi connectivity index (χ1v) is 4.70. The average molecular weight is 240 g/mol. The smallest absolute Gasteiger partial charge is 0.189 e. The van der Waals surface area contributed by atoms with Crippen LogP contribution in [-0.4, -0.2) is 85.3 Å². The van der Waals surface area contributed by atoms with Crippen LogP contribution < -0.4 is 0 Å². The number of ether oxygens (including phenoxy) is 1. The lowest BCUT2D eigenvalue weighted by molar-refractivity contribution is -0.197. The minimum atomic E-state index is -2.32. The predicted octanol–water partition coefficient (Wildman–Crippen LogP) is -4.50. The second-order valence-electron chi connectivity index (χ2n) is 3.79. The van der Waals surface area contributed by atoms with Gasteiger partial charge in [0.1, 0.15) is 24.4 Å². The van der Waals surface area contributed by atoms with E-state index in [0.717, 1.165) is 0 Å². The van der Waals surface area contributed by atoms with Crippen LogP contribution in [0.25, 0.3) is 0 Å². The van der Waals surface area contributed by atoms with Gasteiger partial charge in [0.2, 0.25) is 0 Å². The van der Waals surface area contributed by atoms with Crippen LogP contribution in [0.3, 0.4) is 0 Å². The highest BCUT2D eigenvalue weighted by Gasteiger charge is 2.57. The molecule has 1 aliphatic rings. The Morgan fingerprint density at radius 1 is 1.19 bits per heavy atom. The molecule has 8 heteroatoms. The van der Waals surface area contributed by atoms with E-state index >= 15 is 0 Å². The third-order valence-electron chi connectivity index (χ3n) is 2.71. The van der Waals surface area contributed by atoms with Crippen LogP contribution >= 0.6 is 0 Å². The maximum atomic E-state index is 9.58. The molecule has 0 bridgehead atoms. The van der Waals surface area contributed by atoms with E-state index in [1.165, 1.54) is 0 Å². The third kappa shape index (κ3) is 2.06. The highest BCUT2D eigenvalue weighted by Crippen LogP contribution is 2.31. The summed E-state index contributed by atoms with van der Waals surface area (Å²) in [6.45, 7) is -1.75. The Labute approximate surface area is 91.0 Å². The minimum Gasteiger partial charge on any atom is -0.394 e. The molecule has 0 saturated carbocycles. The van der Waals surface area contributed by atoms with Crippen molar-refractivity contribution in [3.8, 4) is 0 Å². The molecule has 7 N–H and O–H groups in total. The van der Waals surface area contributed by atoms with Crippen molar-refractivity contribution in [2.24, 2.45) is 0 Å². The van der Waals surface area contributed by atoms with Gasteiger partial charge >= 0.3 is 0 Å². The first-order valence-electron chi connectivity index (χ1n) is 4.70. The topological polar surface area (TPSA) is 151 Å². The van der Waals surface area contributed by atoms with Gasteiger partial charge in [0.15, 0.2) is 11.9 Å². The molecule has 1 saturated heterocycles. The van der Waals surface area contributed by atoms with Gasteiger partial charge in [-0.1, -0.05) is 0 Å². The summed E-state index contributed by atoms with van der Waals surface area (Å²) in [4.78, 5) is 0. The highest BCUT2D eigenvalue weighted by molar-refractivity contribution is 5.02. The van der Waals surface area contributed by atoms with Gasteiger partial charge < -0.3 is 40.5 Å². The van der Waals surface area contributed by atoms with Crippen LogP contribution in [0.15, 0.2) is 0 Å². The summed E-state index contributed by atoms with van der Waals surface area (Å²) in [5.41, 5.74) is -2.32. The van der Waals surface area contributed by atoms with Gasteiger partial charge in [0, 0.05) is 0 Å². The molecule has 96 valence electrons. The van der Waals surface area contributed by atoms with Crippen molar-refractivity contribution in [2.45, 2.75) is 36.3 Å². The Balaban J connectivity index is 2.79. The molecular formula is C8H16O8. The highest BCUT2D eigenvalue weighted by atomic mass is 16.7. The standard InChI is InChI=1S/C8H16O8/c9-1-3(11)4(12)5-6(13)8(15,2-10)7(14)16-5/h3-7,9-15H,1-2H2/t3-,4-,5+,6-,7-,8-/m1/s1. The van der Waals surface area contributed by atoms with Gasteiger partial charge in [-0.05, 0) is 0 Å². The Kier molecular flexibility index (Phi) is 4.21. The molecule has 0 aromatic carbocycles. The van der Waals surface area contributed by atoms with Gasteiger partial charge in [-0.15, -0.1) is 0 Å². The number of aliphatic hydroxyl groups excluding tert-OH is 6. The second kappa shape index (κ2) is 4.90. The molecule has 6 atom stereocenters. The maximum absolute atomic E-state index is 9.58. The zero-order valence-corrected chi connectivity index (χ0v) is 8.34. The molecule has 1 heterocycles. The average Bonchev–Trinajstić information content (AvgIpc) is 2.52. The van der Waals surface area contributed by atoms with E-state index in [0.29, 0.717) is 0 Å². The molecule has 0 spiro atoms. The van der Waals surface area contributed by atoms with E-state index in [1.54, 1.807) is 0 Å². The fraction of sp³-hybridized carbons (Fsp3) is 1.00. The second-order valence-corrected chi connectivity index (χ2v) is 3.79. The summed E-state index contributed by atoms with van der Waals surface area (Å²) >= 11 is 0. The molecule has 1 rings (SSSR count). The van der Waals surface area contributed by atoms with E-state index < -0.39 is 49.5 Å². The molecule has 0 aliphatic carbocycles. The van der Waals surface area contributed by atoms with Crippen LogP contribution in [0.2, 0.25) is 0 Å². The van der Waals surface area contributed by atoms with Crippen molar-refractivity contribution in [2.75, 3.05) is 13.2 Å².